The van der Waals surface area contributed by atoms with Gasteiger partial charge in [-0.3, -0.25) is 0 Å². The molecular weight excluding hydrogens is 334 g/mol. The molecule has 0 bridgehead atoms. The number of hydrogen-bond acceptors (Lipinski definition) is 3. The van der Waals surface area contributed by atoms with Crippen molar-refractivity contribution in [1.29, 1.82) is 0 Å². The molecule has 0 spiro atoms. The Morgan fingerprint density at radius 1 is 1.07 bits per heavy atom. The summed E-state index contributed by atoms with van der Waals surface area (Å²) in [7, 11) is 1.99. The van der Waals surface area contributed by atoms with Gasteiger partial charge in [0.1, 0.15) is 11.5 Å². The van der Waals surface area contributed by atoms with Gasteiger partial charge >= 0.3 is 0 Å². The van der Waals surface area contributed by atoms with E-state index in [1.54, 1.807) is 0 Å². The molecule has 0 atom stereocenters. The Bertz CT molecular complexity index is 901. The van der Waals surface area contributed by atoms with Crippen molar-refractivity contribution < 1.29 is 4.74 Å². The van der Waals surface area contributed by atoms with Gasteiger partial charge in [-0.2, -0.15) is 0 Å². The summed E-state index contributed by atoms with van der Waals surface area (Å²) in [4.78, 5) is 4.35. The van der Waals surface area contributed by atoms with Crippen LogP contribution in [0.5, 0.6) is 11.5 Å². The van der Waals surface area contributed by atoms with Gasteiger partial charge in [0.15, 0.2) is 0 Å². The minimum absolute atomic E-state index is 0.523. The van der Waals surface area contributed by atoms with Crippen molar-refractivity contribution in [3.05, 3.63) is 54.4 Å². The first kappa shape index (κ1) is 18.1. The molecule has 3 aromatic rings. The first-order valence-corrected chi connectivity index (χ1v) is 9.90. The highest BCUT2D eigenvalue weighted by molar-refractivity contribution is 5.77. The van der Waals surface area contributed by atoms with Gasteiger partial charge in [-0.1, -0.05) is 26.0 Å². The van der Waals surface area contributed by atoms with Crippen LogP contribution >= 0.6 is 0 Å². The van der Waals surface area contributed by atoms with Gasteiger partial charge in [0.25, 0.3) is 0 Å². The van der Waals surface area contributed by atoms with E-state index in [1.807, 2.05) is 36.1 Å². The lowest BCUT2D eigenvalue weighted by molar-refractivity contribution is 0.206. The van der Waals surface area contributed by atoms with E-state index in [-0.39, 0.29) is 0 Å². The third-order valence-corrected chi connectivity index (χ3v) is 5.79. The van der Waals surface area contributed by atoms with Crippen LogP contribution in [-0.2, 0) is 13.6 Å². The fourth-order valence-corrected chi connectivity index (χ4v) is 3.85. The van der Waals surface area contributed by atoms with Crippen molar-refractivity contribution in [1.82, 2.24) is 14.9 Å². The van der Waals surface area contributed by atoms with Gasteiger partial charge in [0.05, 0.1) is 17.4 Å². The summed E-state index contributed by atoms with van der Waals surface area (Å²) < 4.78 is 8.03. The van der Waals surface area contributed by atoms with Crippen LogP contribution < -0.4 is 10.1 Å². The Balaban J connectivity index is 1.33. The number of hydrogen-bond donors (Lipinski definition) is 1. The zero-order chi connectivity index (χ0) is 18.9. The average Bonchev–Trinajstić information content (AvgIpc) is 3.03. The Kier molecular flexibility index (Phi) is 4.92. The highest BCUT2D eigenvalue weighted by Crippen LogP contribution is 2.35. The molecule has 27 heavy (non-hydrogen) atoms. The van der Waals surface area contributed by atoms with Gasteiger partial charge in [-0.05, 0) is 60.9 Å². The Labute approximate surface area is 161 Å². The molecule has 1 aliphatic rings. The van der Waals surface area contributed by atoms with Crippen LogP contribution in [0, 0.1) is 5.41 Å². The second kappa shape index (κ2) is 7.35. The quantitative estimate of drug-likeness (QED) is 0.657. The molecule has 4 rings (SSSR count). The molecule has 2 aromatic carbocycles. The summed E-state index contributed by atoms with van der Waals surface area (Å²) in [6.07, 6.45) is 7.02. The highest BCUT2D eigenvalue weighted by Gasteiger charge is 2.26. The molecule has 142 valence electrons. The Morgan fingerprint density at radius 3 is 2.52 bits per heavy atom. The molecule has 4 heteroatoms. The summed E-state index contributed by atoms with van der Waals surface area (Å²) >= 11 is 0. The first-order valence-electron chi connectivity index (χ1n) is 9.90. The van der Waals surface area contributed by atoms with E-state index in [1.165, 1.54) is 31.2 Å². The molecule has 1 aliphatic carbocycles. The minimum Gasteiger partial charge on any atom is -0.457 e. The number of aromatic nitrogens is 2. The fourth-order valence-electron chi connectivity index (χ4n) is 3.85. The van der Waals surface area contributed by atoms with Crippen LogP contribution in [-0.4, -0.2) is 15.6 Å². The molecule has 1 fully saturated rings. The topological polar surface area (TPSA) is 39.1 Å². The lowest BCUT2D eigenvalue weighted by atomic mass is 9.75. The highest BCUT2D eigenvalue weighted by atomic mass is 16.5. The van der Waals surface area contributed by atoms with Crippen LogP contribution in [0.1, 0.15) is 45.1 Å². The molecule has 1 saturated carbocycles. The van der Waals surface area contributed by atoms with Crippen LogP contribution in [0.4, 0.5) is 0 Å². The molecule has 4 nitrogen and oxygen atoms in total. The second-order valence-corrected chi connectivity index (χ2v) is 8.57. The fraction of sp³-hybridized carbons (Fsp3) is 0.435. The monoisotopic (exact) mass is 363 g/mol. The van der Waals surface area contributed by atoms with Crippen LogP contribution in [0.25, 0.3) is 11.0 Å². The maximum atomic E-state index is 6.02. The van der Waals surface area contributed by atoms with E-state index in [4.69, 9.17) is 4.74 Å². The van der Waals surface area contributed by atoms with Gasteiger partial charge < -0.3 is 14.6 Å². The van der Waals surface area contributed by atoms with Crippen molar-refractivity contribution in [2.24, 2.45) is 12.5 Å². The van der Waals surface area contributed by atoms with E-state index in [9.17, 15) is 0 Å². The maximum absolute atomic E-state index is 6.02. The third-order valence-electron chi connectivity index (χ3n) is 5.79. The summed E-state index contributed by atoms with van der Waals surface area (Å²) in [5.74, 6) is 1.70. The number of rotatable bonds is 5. The lowest BCUT2D eigenvalue weighted by Crippen LogP contribution is -2.35. The number of fused-ring (bicyclic) bond motifs is 1. The van der Waals surface area contributed by atoms with Crippen molar-refractivity contribution in [3.63, 3.8) is 0 Å². The zero-order valence-corrected chi connectivity index (χ0v) is 16.5. The van der Waals surface area contributed by atoms with E-state index in [0.717, 1.165) is 29.1 Å². The molecule has 0 amide bonds. The zero-order valence-electron chi connectivity index (χ0n) is 16.5. The summed E-state index contributed by atoms with van der Waals surface area (Å²) in [5.41, 5.74) is 3.88. The standard InChI is InChI=1S/C23H29N3O/c1-23(2)12-10-18(11-13-23)24-15-17-4-6-19(7-5-17)27-20-8-9-21-22(14-20)26(3)16-25-21/h4-9,14,16,18,24H,10-13,15H2,1-3H3. The lowest BCUT2D eigenvalue weighted by Gasteiger charge is -2.34. The van der Waals surface area contributed by atoms with Crippen LogP contribution in [0.2, 0.25) is 0 Å². The largest absolute Gasteiger partial charge is 0.457 e. The van der Waals surface area contributed by atoms with Gasteiger partial charge in [-0.15, -0.1) is 0 Å². The van der Waals surface area contributed by atoms with Crippen molar-refractivity contribution >= 4 is 11.0 Å². The number of nitrogens with one attached hydrogen (secondary N) is 1. The molecular formula is C23H29N3O. The molecule has 0 aliphatic heterocycles. The van der Waals surface area contributed by atoms with Crippen molar-refractivity contribution in [3.8, 4) is 11.5 Å². The first-order chi connectivity index (χ1) is 13.0. The van der Waals surface area contributed by atoms with Crippen LogP contribution in [0.3, 0.4) is 0 Å². The number of ether oxygens (including phenoxy) is 1. The predicted octanol–water partition coefficient (Wildman–Crippen LogP) is 5.42. The van der Waals surface area contributed by atoms with Gasteiger partial charge in [0.2, 0.25) is 0 Å². The van der Waals surface area contributed by atoms with E-state index >= 15 is 0 Å². The molecule has 0 saturated heterocycles. The van der Waals surface area contributed by atoms with Gasteiger partial charge in [0, 0.05) is 25.7 Å². The smallest absolute Gasteiger partial charge is 0.129 e. The predicted molar refractivity (Wildman–Crippen MR) is 110 cm³/mol. The van der Waals surface area contributed by atoms with Crippen LogP contribution in [0.15, 0.2) is 48.8 Å². The maximum Gasteiger partial charge on any atom is 0.129 e. The second-order valence-electron chi connectivity index (χ2n) is 8.57. The third kappa shape index (κ3) is 4.33. The van der Waals surface area contributed by atoms with E-state index < -0.39 is 0 Å². The summed E-state index contributed by atoms with van der Waals surface area (Å²) in [6, 6.07) is 15.0. The number of aryl methyl sites for hydroxylation is 1. The van der Waals surface area contributed by atoms with E-state index in [0.29, 0.717) is 11.5 Å². The normalized spacial score (nSPS) is 17.3. The van der Waals surface area contributed by atoms with Crippen molar-refractivity contribution in [2.45, 2.75) is 52.1 Å². The average molecular weight is 364 g/mol. The minimum atomic E-state index is 0.523. The number of nitrogens with zero attached hydrogens (tertiary/aromatic N) is 2. The Hall–Kier alpha value is -2.33. The molecule has 1 heterocycles. The molecule has 1 N–H and O–H groups in total. The molecule has 0 unspecified atom stereocenters. The SMILES string of the molecule is Cn1cnc2ccc(Oc3ccc(CNC4CCC(C)(C)CC4)cc3)cc21. The summed E-state index contributed by atoms with van der Waals surface area (Å²) in [6.45, 7) is 5.69. The number of benzene rings is 2. The Morgan fingerprint density at radius 2 is 1.78 bits per heavy atom. The van der Waals surface area contributed by atoms with Gasteiger partial charge in [-0.25, -0.2) is 4.98 Å². The van der Waals surface area contributed by atoms with E-state index in [2.05, 4.69) is 48.4 Å². The summed E-state index contributed by atoms with van der Waals surface area (Å²) in [5, 5.41) is 3.72. The molecule has 1 aromatic heterocycles. The molecule has 0 radical (unpaired) electrons. The number of imidazole rings is 1. The van der Waals surface area contributed by atoms with Crippen molar-refractivity contribution in [2.75, 3.05) is 0 Å².